The molecule has 10 heteroatoms. The molecule has 0 amide bonds. The molecule has 1 N–H and O–H groups in total. The first-order valence-electron chi connectivity index (χ1n) is 9.99. The Morgan fingerprint density at radius 1 is 1.19 bits per heavy atom. The summed E-state index contributed by atoms with van der Waals surface area (Å²) in [7, 11) is 0.284. The molecule has 0 spiro atoms. The van der Waals surface area contributed by atoms with Gasteiger partial charge in [-0.2, -0.15) is 0 Å². The standard InChI is InChI=1S/C21H21ClN6O2S/c1-30-18-5-4-15(13-16(18)22)31(29)27-11-6-14(7-12-27)28-20-17(3-2-8-25-20)26-21(28)19-23-9-10-24-19/h2-5,8-10,13-14H,6-7,11-12H2,1H3,(H,23,24). The molecule has 5 rings (SSSR count). The lowest BCUT2D eigenvalue weighted by Gasteiger charge is -2.32. The number of hydrogen-bond acceptors (Lipinski definition) is 5. The van der Waals surface area contributed by atoms with Gasteiger partial charge < -0.3 is 14.3 Å². The maximum atomic E-state index is 13.1. The predicted octanol–water partition coefficient (Wildman–Crippen LogP) is 3.84. The highest BCUT2D eigenvalue weighted by molar-refractivity contribution is 7.82. The van der Waals surface area contributed by atoms with Crippen LogP contribution in [-0.2, 0) is 11.0 Å². The van der Waals surface area contributed by atoms with E-state index in [1.807, 2.05) is 16.4 Å². The van der Waals surface area contributed by atoms with Crippen LogP contribution in [0.3, 0.4) is 0 Å². The van der Waals surface area contributed by atoms with Crippen molar-refractivity contribution >= 4 is 33.8 Å². The van der Waals surface area contributed by atoms with E-state index in [4.69, 9.17) is 21.3 Å². The fourth-order valence-electron chi connectivity index (χ4n) is 4.00. The van der Waals surface area contributed by atoms with Crippen molar-refractivity contribution in [3.63, 3.8) is 0 Å². The number of imidazole rings is 2. The van der Waals surface area contributed by atoms with Crippen LogP contribution in [-0.4, -0.2) is 53.2 Å². The zero-order valence-corrected chi connectivity index (χ0v) is 18.4. The minimum absolute atomic E-state index is 0.188. The Labute approximate surface area is 186 Å². The molecule has 0 radical (unpaired) electrons. The number of pyridine rings is 1. The summed E-state index contributed by atoms with van der Waals surface area (Å²) in [5.41, 5.74) is 1.68. The molecule has 1 atom stereocenters. The van der Waals surface area contributed by atoms with Crippen LogP contribution in [0.25, 0.3) is 22.8 Å². The van der Waals surface area contributed by atoms with Gasteiger partial charge in [0.05, 0.1) is 17.0 Å². The van der Waals surface area contributed by atoms with E-state index >= 15 is 0 Å². The van der Waals surface area contributed by atoms with Crippen molar-refractivity contribution in [3.05, 3.63) is 53.9 Å². The summed E-state index contributed by atoms with van der Waals surface area (Å²) in [5.74, 6) is 2.07. The minimum Gasteiger partial charge on any atom is -0.495 e. The maximum absolute atomic E-state index is 13.1. The topological polar surface area (TPSA) is 88.9 Å². The molecule has 1 aliphatic rings. The molecule has 0 saturated carbocycles. The number of nitrogens with one attached hydrogen (secondary N) is 1. The number of piperidine rings is 1. The summed E-state index contributed by atoms with van der Waals surface area (Å²) in [6.45, 7) is 1.37. The van der Waals surface area contributed by atoms with E-state index in [1.165, 1.54) is 0 Å². The molecule has 1 saturated heterocycles. The van der Waals surface area contributed by atoms with Gasteiger partial charge in [-0.15, -0.1) is 0 Å². The first kappa shape index (κ1) is 20.2. The molecule has 1 fully saturated rings. The van der Waals surface area contributed by atoms with Crippen LogP contribution in [0.5, 0.6) is 5.75 Å². The third kappa shape index (κ3) is 3.73. The Morgan fingerprint density at radius 2 is 2.03 bits per heavy atom. The van der Waals surface area contributed by atoms with Crippen molar-refractivity contribution in [2.45, 2.75) is 23.8 Å². The van der Waals surface area contributed by atoms with Gasteiger partial charge in [-0.1, -0.05) is 11.6 Å². The second-order valence-electron chi connectivity index (χ2n) is 7.30. The van der Waals surface area contributed by atoms with E-state index in [9.17, 15) is 4.21 Å². The molecule has 1 aliphatic heterocycles. The second-order valence-corrected chi connectivity index (χ2v) is 9.19. The monoisotopic (exact) mass is 456 g/mol. The first-order chi connectivity index (χ1) is 15.2. The van der Waals surface area contributed by atoms with E-state index < -0.39 is 11.0 Å². The fraction of sp³-hybridized carbons (Fsp3) is 0.286. The van der Waals surface area contributed by atoms with Crippen LogP contribution >= 0.6 is 11.6 Å². The molecule has 160 valence electrons. The maximum Gasteiger partial charge on any atom is 0.178 e. The van der Waals surface area contributed by atoms with Gasteiger partial charge in [0.2, 0.25) is 0 Å². The number of H-pyrrole nitrogens is 1. The van der Waals surface area contributed by atoms with Crippen molar-refractivity contribution in [2.75, 3.05) is 20.2 Å². The summed E-state index contributed by atoms with van der Waals surface area (Å²) in [6, 6.07) is 9.30. The van der Waals surface area contributed by atoms with Crippen molar-refractivity contribution in [1.82, 2.24) is 28.8 Å². The Hall–Kier alpha value is -2.75. The number of rotatable bonds is 5. The average Bonchev–Trinajstić information content (AvgIpc) is 3.46. The smallest absolute Gasteiger partial charge is 0.178 e. The van der Waals surface area contributed by atoms with E-state index in [0.717, 1.165) is 35.7 Å². The molecule has 1 aromatic carbocycles. The van der Waals surface area contributed by atoms with Crippen LogP contribution in [0.4, 0.5) is 0 Å². The number of halogens is 1. The van der Waals surface area contributed by atoms with Gasteiger partial charge in [-0.3, -0.25) is 0 Å². The number of hydrogen-bond donors (Lipinski definition) is 1. The number of methoxy groups -OCH3 is 1. The first-order valence-corrected chi connectivity index (χ1v) is 11.5. The molecule has 3 aromatic heterocycles. The molecular weight excluding hydrogens is 436 g/mol. The minimum atomic E-state index is -1.28. The molecule has 0 bridgehead atoms. The van der Waals surface area contributed by atoms with Gasteiger partial charge in [0.1, 0.15) is 22.3 Å². The largest absolute Gasteiger partial charge is 0.495 e. The van der Waals surface area contributed by atoms with Crippen molar-refractivity contribution in [3.8, 4) is 17.4 Å². The van der Waals surface area contributed by atoms with Gasteiger partial charge in [-0.05, 0) is 43.2 Å². The number of ether oxygens (including phenoxy) is 1. The van der Waals surface area contributed by atoms with Gasteiger partial charge in [0.15, 0.2) is 17.3 Å². The highest BCUT2D eigenvalue weighted by Gasteiger charge is 2.29. The lowest BCUT2D eigenvalue weighted by molar-refractivity contribution is 0.287. The zero-order valence-electron chi connectivity index (χ0n) is 16.9. The summed E-state index contributed by atoms with van der Waals surface area (Å²) in [5, 5.41) is 0.460. The number of aromatic amines is 1. The van der Waals surface area contributed by atoms with E-state index in [-0.39, 0.29) is 6.04 Å². The molecule has 1 unspecified atom stereocenters. The molecular formula is C21H21ClN6O2S. The lowest BCUT2D eigenvalue weighted by Crippen LogP contribution is -2.36. The van der Waals surface area contributed by atoms with Gasteiger partial charge >= 0.3 is 0 Å². The normalized spacial score (nSPS) is 16.6. The van der Waals surface area contributed by atoms with Gasteiger partial charge in [-0.25, -0.2) is 23.5 Å². The fourth-order valence-corrected chi connectivity index (χ4v) is 5.57. The Kier molecular flexibility index (Phi) is 5.47. The third-order valence-electron chi connectivity index (χ3n) is 5.51. The Bertz CT molecular complexity index is 1230. The van der Waals surface area contributed by atoms with Crippen LogP contribution in [0, 0.1) is 0 Å². The summed E-state index contributed by atoms with van der Waals surface area (Å²) >= 11 is 6.22. The quantitative estimate of drug-likeness (QED) is 0.492. The summed E-state index contributed by atoms with van der Waals surface area (Å²) in [6.07, 6.45) is 6.94. The van der Waals surface area contributed by atoms with E-state index in [2.05, 4.69) is 19.5 Å². The number of benzene rings is 1. The van der Waals surface area contributed by atoms with Gasteiger partial charge in [0.25, 0.3) is 0 Å². The highest BCUT2D eigenvalue weighted by atomic mass is 35.5. The zero-order chi connectivity index (χ0) is 21.4. The molecule has 8 nitrogen and oxygen atoms in total. The van der Waals surface area contributed by atoms with Crippen molar-refractivity contribution in [1.29, 1.82) is 0 Å². The predicted molar refractivity (Wildman–Crippen MR) is 119 cm³/mol. The van der Waals surface area contributed by atoms with Gasteiger partial charge in [0, 0.05) is 37.7 Å². The SMILES string of the molecule is COc1ccc(S(=O)N2CCC(n3c(-c4ncc[nH]4)nc4cccnc43)CC2)cc1Cl. The second kappa shape index (κ2) is 8.41. The number of aromatic nitrogens is 5. The Balaban J connectivity index is 1.39. The molecule has 0 aliphatic carbocycles. The van der Waals surface area contributed by atoms with Crippen LogP contribution in [0.2, 0.25) is 5.02 Å². The van der Waals surface area contributed by atoms with Crippen LogP contribution < -0.4 is 4.74 Å². The molecule has 4 heterocycles. The van der Waals surface area contributed by atoms with Crippen LogP contribution in [0.15, 0.2) is 53.8 Å². The van der Waals surface area contributed by atoms with E-state index in [1.54, 1.807) is 43.9 Å². The van der Waals surface area contributed by atoms with Crippen molar-refractivity contribution in [2.24, 2.45) is 0 Å². The summed E-state index contributed by atoms with van der Waals surface area (Å²) < 4.78 is 22.4. The molecule has 4 aromatic rings. The molecule has 31 heavy (non-hydrogen) atoms. The third-order valence-corrected chi connectivity index (χ3v) is 7.29. The summed E-state index contributed by atoms with van der Waals surface area (Å²) in [4.78, 5) is 17.6. The number of nitrogens with zero attached hydrogens (tertiary/aromatic N) is 5. The van der Waals surface area contributed by atoms with Crippen molar-refractivity contribution < 1.29 is 8.95 Å². The van der Waals surface area contributed by atoms with Crippen LogP contribution in [0.1, 0.15) is 18.9 Å². The Morgan fingerprint density at radius 3 is 2.74 bits per heavy atom. The lowest BCUT2D eigenvalue weighted by atomic mass is 10.1. The number of fused-ring (bicyclic) bond motifs is 1. The average molecular weight is 457 g/mol. The van der Waals surface area contributed by atoms with E-state index in [0.29, 0.717) is 28.8 Å². The highest BCUT2D eigenvalue weighted by Crippen LogP contribution is 2.33.